The molecule has 0 bridgehead atoms. The Morgan fingerprint density at radius 2 is 1.95 bits per heavy atom. The lowest BCUT2D eigenvalue weighted by Crippen LogP contribution is -2.39. The molecule has 0 saturated carbocycles. The second-order valence-electron chi connectivity index (χ2n) is 4.44. The van der Waals surface area contributed by atoms with E-state index in [1.165, 1.54) is 19.3 Å². The van der Waals surface area contributed by atoms with Crippen molar-refractivity contribution in [1.29, 1.82) is 0 Å². The lowest BCUT2D eigenvalue weighted by Gasteiger charge is -2.22. The van der Waals surface area contributed by atoms with Crippen LogP contribution in [0.4, 0.5) is 17.6 Å². The minimum Gasteiger partial charge on any atom is -0.494 e. The molecule has 0 aromatic heterocycles. The molecule has 0 heterocycles. The Labute approximate surface area is 108 Å². The molecule has 1 aromatic carbocycles. The monoisotopic (exact) mass is 270 g/mol. The topological polar surface area (TPSA) is 9.23 Å². The number of halogens is 4. The molecule has 0 N–H and O–H groups in total. The number of methoxy groups -OCH3 is 1. The summed E-state index contributed by atoms with van der Waals surface area (Å²) in [5.41, 5.74) is -2.07. The molecule has 1 atom stereocenters. The maximum Gasteiger partial charge on any atom is 0.213 e. The fourth-order valence-corrected chi connectivity index (χ4v) is 2.02. The Morgan fingerprint density at radius 1 is 1.21 bits per heavy atom. The number of ether oxygens (including phenoxy) is 1. The van der Waals surface area contributed by atoms with Crippen LogP contribution < -0.4 is 10.2 Å². The molecule has 0 spiro atoms. The first-order chi connectivity index (χ1) is 8.93. The molecule has 0 aliphatic heterocycles. The molecule has 0 saturated heterocycles. The lowest BCUT2D eigenvalue weighted by atomic mass is 9.54. The zero-order valence-electron chi connectivity index (χ0n) is 10.2. The number of hydrogen-bond donors (Lipinski definition) is 0. The number of alkyl halides is 1. The second-order valence-corrected chi connectivity index (χ2v) is 4.44. The van der Waals surface area contributed by atoms with Gasteiger partial charge >= 0.3 is 0 Å². The molecule has 0 fully saturated rings. The highest BCUT2D eigenvalue weighted by molar-refractivity contribution is 6.57. The first-order valence-corrected chi connectivity index (χ1v) is 5.68. The van der Waals surface area contributed by atoms with E-state index in [0.29, 0.717) is 6.07 Å². The predicted octanol–water partition coefficient (Wildman–Crippen LogP) is 2.51. The molecule has 1 aliphatic carbocycles. The number of hydrogen-bond acceptors (Lipinski definition) is 1. The maximum atomic E-state index is 14.4. The summed E-state index contributed by atoms with van der Waals surface area (Å²) in [5.74, 6) is -2.52. The van der Waals surface area contributed by atoms with Crippen LogP contribution in [0.1, 0.15) is 6.42 Å². The van der Waals surface area contributed by atoms with E-state index in [4.69, 9.17) is 4.74 Å². The van der Waals surface area contributed by atoms with E-state index in [-0.39, 0.29) is 18.5 Å². The summed E-state index contributed by atoms with van der Waals surface area (Å²) in [4.78, 5) is 0. The lowest BCUT2D eigenvalue weighted by molar-refractivity contribution is 0.316. The van der Waals surface area contributed by atoms with E-state index in [2.05, 4.69) is 0 Å². The summed E-state index contributed by atoms with van der Waals surface area (Å²) in [7, 11) is 0.849. The predicted molar refractivity (Wildman–Crippen MR) is 66.5 cm³/mol. The van der Waals surface area contributed by atoms with Crippen LogP contribution in [-0.2, 0) is 0 Å². The van der Waals surface area contributed by atoms with Crippen LogP contribution in [0.5, 0.6) is 5.75 Å². The maximum absolute atomic E-state index is 14.4. The molecule has 6 heteroatoms. The Hall–Kier alpha value is -1.72. The standard InChI is InChI=1S/C13H11BF4O/c1-19-12-5-9(10(16)6-11(12)17)14-13(18)4-2-3-8(15)7-13/h2-6,14H,7H2,1H3. The Bertz CT molecular complexity index is 556. The van der Waals surface area contributed by atoms with Gasteiger partial charge in [-0.1, -0.05) is 12.2 Å². The summed E-state index contributed by atoms with van der Waals surface area (Å²) < 4.78 is 59.0. The summed E-state index contributed by atoms with van der Waals surface area (Å²) in [6.07, 6.45) is 3.12. The average molecular weight is 270 g/mol. The van der Waals surface area contributed by atoms with Crippen molar-refractivity contribution in [2.45, 2.75) is 12.0 Å². The smallest absolute Gasteiger partial charge is 0.213 e. The van der Waals surface area contributed by atoms with Crippen LogP contribution in [0, 0.1) is 11.6 Å². The van der Waals surface area contributed by atoms with Crippen LogP contribution in [0.2, 0.25) is 0 Å². The zero-order valence-corrected chi connectivity index (χ0v) is 10.2. The SMILES string of the molecule is COc1cc(BC2(F)C=CC=C(F)C2)c(F)cc1F. The molecular weight excluding hydrogens is 259 g/mol. The van der Waals surface area contributed by atoms with Gasteiger partial charge in [0, 0.05) is 12.5 Å². The fraction of sp³-hybridized carbons (Fsp3) is 0.231. The summed E-state index contributed by atoms with van der Waals surface area (Å²) in [6.45, 7) is 0. The molecule has 0 radical (unpaired) electrons. The largest absolute Gasteiger partial charge is 0.494 e. The van der Waals surface area contributed by atoms with E-state index >= 15 is 0 Å². The van der Waals surface area contributed by atoms with Gasteiger partial charge in [0.05, 0.1) is 7.11 Å². The van der Waals surface area contributed by atoms with E-state index in [1.807, 2.05) is 0 Å². The third kappa shape index (κ3) is 3.00. The van der Waals surface area contributed by atoms with Crippen molar-refractivity contribution in [1.82, 2.24) is 0 Å². The number of rotatable bonds is 3. The van der Waals surface area contributed by atoms with Crippen LogP contribution in [-0.4, -0.2) is 20.0 Å². The van der Waals surface area contributed by atoms with Gasteiger partial charge < -0.3 is 4.74 Å². The zero-order chi connectivity index (χ0) is 14.0. The van der Waals surface area contributed by atoms with Gasteiger partial charge in [0.1, 0.15) is 17.2 Å². The Morgan fingerprint density at radius 3 is 2.58 bits per heavy atom. The van der Waals surface area contributed by atoms with Crippen LogP contribution in [0.15, 0.2) is 36.2 Å². The van der Waals surface area contributed by atoms with E-state index in [9.17, 15) is 17.6 Å². The third-order valence-electron chi connectivity index (χ3n) is 2.94. The second kappa shape index (κ2) is 5.11. The van der Waals surface area contributed by atoms with Gasteiger partial charge in [-0.15, -0.1) is 0 Å². The molecule has 1 nitrogen and oxygen atoms in total. The van der Waals surface area contributed by atoms with Crippen molar-refractivity contribution in [2.24, 2.45) is 0 Å². The van der Waals surface area contributed by atoms with Gasteiger partial charge in [-0.05, 0) is 17.6 Å². The number of allylic oxidation sites excluding steroid dienone is 4. The highest BCUT2D eigenvalue weighted by Gasteiger charge is 2.33. The van der Waals surface area contributed by atoms with Crippen molar-refractivity contribution >= 4 is 12.7 Å². The van der Waals surface area contributed by atoms with Crippen LogP contribution in [0.25, 0.3) is 0 Å². The highest BCUT2D eigenvalue weighted by atomic mass is 19.2. The van der Waals surface area contributed by atoms with Crippen molar-refractivity contribution in [2.75, 3.05) is 7.11 Å². The first-order valence-electron chi connectivity index (χ1n) is 5.68. The van der Waals surface area contributed by atoms with Crippen LogP contribution in [0.3, 0.4) is 0 Å². The number of benzene rings is 1. The van der Waals surface area contributed by atoms with Gasteiger partial charge in [0.25, 0.3) is 0 Å². The average Bonchev–Trinajstić information content (AvgIpc) is 2.32. The highest BCUT2D eigenvalue weighted by Crippen LogP contribution is 2.27. The van der Waals surface area contributed by atoms with Gasteiger partial charge in [0.15, 0.2) is 11.6 Å². The normalized spacial score (nSPS) is 22.1. The van der Waals surface area contributed by atoms with Crippen LogP contribution >= 0.6 is 0 Å². The summed E-state index contributed by atoms with van der Waals surface area (Å²) in [5, 5.41) is 0. The molecule has 1 unspecified atom stereocenters. The van der Waals surface area contributed by atoms with Crippen molar-refractivity contribution in [3.05, 3.63) is 47.8 Å². The van der Waals surface area contributed by atoms with E-state index in [1.54, 1.807) is 0 Å². The van der Waals surface area contributed by atoms with E-state index in [0.717, 1.165) is 12.1 Å². The van der Waals surface area contributed by atoms with Gasteiger partial charge in [-0.2, -0.15) is 0 Å². The molecule has 19 heavy (non-hydrogen) atoms. The van der Waals surface area contributed by atoms with E-state index < -0.39 is 29.5 Å². The quantitative estimate of drug-likeness (QED) is 0.605. The first kappa shape index (κ1) is 13.7. The summed E-state index contributed by atoms with van der Waals surface area (Å²) >= 11 is 0. The van der Waals surface area contributed by atoms with Crippen molar-refractivity contribution in [3.63, 3.8) is 0 Å². The van der Waals surface area contributed by atoms with Gasteiger partial charge in [-0.3, -0.25) is 0 Å². The van der Waals surface area contributed by atoms with Gasteiger partial charge in [-0.25, -0.2) is 17.6 Å². The van der Waals surface area contributed by atoms with Crippen molar-refractivity contribution < 1.29 is 22.3 Å². The summed E-state index contributed by atoms with van der Waals surface area (Å²) in [6, 6.07) is 1.73. The Balaban J connectivity index is 2.29. The fourth-order valence-electron chi connectivity index (χ4n) is 2.02. The molecule has 1 aliphatic rings. The molecule has 100 valence electrons. The molecule has 0 amide bonds. The molecular formula is C13H11BF4O. The minimum absolute atomic E-state index is 0.0555. The Kier molecular flexibility index (Phi) is 3.69. The van der Waals surface area contributed by atoms with Crippen molar-refractivity contribution in [3.8, 4) is 5.75 Å². The molecule has 2 rings (SSSR count). The minimum atomic E-state index is -2.01. The molecule has 1 aromatic rings. The third-order valence-corrected chi connectivity index (χ3v) is 2.94. The van der Waals surface area contributed by atoms with Gasteiger partial charge in [0.2, 0.25) is 7.28 Å².